The highest BCUT2D eigenvalue weighted by Gasteiger charge is 2.23. The first kappa shape index (κ1) is 26.5. The van der Waals surface area contributed by atoms with E-state index in [0.29, 0.717) is 6.54 Å². The molecule has 10 heteroatoms. The van der Waals surface area contributed by atoms with Gasteiger partial charge >= 0.3 is 0 Å². The van der Waals surface area contributed by atoms with Gasteiger partial charge < -0.3 is 15.4 Å². The number of aliphatic imine (C=N–C) groups is 1. The van der Waals surface area contributed by atoms with Crippen LogP contribution < -0.4 is 10.6 Å². The molecule has 2 N–H and O–H groups in total. The van der Waals surface area contributed by atoms with Gasteiger partial charge in [-0.2, -0.15) is 0 Å². The van der Waals surface area contributed by atoms with Crippen LogP contribution in [0.1, 0.15) is 36.2 Å². The lowest BCUT2D eigenvalue weighted by Gasteiger charge is -2.34. The Hall–Kier alpha value is -1.76. The summed E-state index contributed by atoms with van der Waals surface area (Å²) >= 11 is 1.77. The molecule has 176 valence electrons. The van der Waals surface area contributed by atoms with Gasteiger partial charge in [-0.05, 0) is 23.4 Å². The molecule has 0 saturated carbocycles. The second-order valence-electron chi connectivity index (χ2n) is 7.43. The van der Waals surface area contributed by atoms with E-state index in [-0.39, 0.29) is 40.6 Å². The number of non-ortho nitro benzene ring substituents is 1. The predicted molar refractivity (Wildman–Crippen MR) is 140 cm³/mol. The molecule has 0 radical (unpaired) electrons. The number of nitrogens with one attached hydrogen (secondary N) is 2. The summed E-state index contributed by atoms with van der Waals surface area (Å²) in [7, 11) is 0. The van der Waals surface area contributed by atoms with Gasteiger partial charge in [-0.25, -0.2) is 4.99 Å². The van der Waals surface area contributed by atoms with Crippen LogP contribution in [0.15, 0.2) is 46.8 Å². The number of unbranched alkanes of at least 4 members (excludes halogenated alkanes) is 1. The highest BCUT2D eigenvalue weighted by atomic mass is 127. The van der Waals surface area contributed by atoms with Crippen LogP contribution in [0.3, 0.4) is 0 Å². The van der Waals surface area contributed by atoms with Crippen molar-refractivity contribution in [3.63, 3.8) is 0 Å². The largest absolute Gasteiger partial charge is 0.379 e. The molecule has 1 fully saturated rings. The Morgan fingerprint density at radius 2 is 2.00 bits per heavy atom. The molecule has 0 spiro atoms. The van der Waals surface area contributed by atoms with E-state index in [0.717, 1.165) is 63.8 Å². The fourth-order valence-electron chi connectivity index (χ4n) is 3.42. The van der Waals surface area contributed by atoms with Crippen molar-refractivity contribution in [2.45, 2.75) is 32.4 Å². The van der Waals surface area contributed by atoms with Crippen molar-refractivity contribution in [2.75, 3.05) is 39.4 Å². The van der Waals surface area contributed by atoms with Crippen molar-refractivity contribution in [2.24, 2.45) is 4.99 Å². The number of nitro groups is 1. The third-order valence-electron chi connectivity index (χ3n) is 5.21. The van der Waals surface area contributed by atoms with E-state index in [1.165, 1.54) is 17.0 Å². The smallest absolute Gasteiger partial charge is 0.269 e. The first-order valence-corrected chi connectivity index (χ1v) is 11.7. The Bertz CT molecular complexity index is 827. The summed E-state index contributed by atoms with van der Waals surface area (Å²) in [6.45, 7) is 7.58. The molecular weight excluding hydrogens is 541 g/mol. The quantitative estimate of drug-likeness (QED) is 0.111. The molecule has 0 bridgehead atoms. The summed E-state index contributed by atoms with van der Waals surface area (Å²) < 4.78 is 5.53. The van der Waals surface area contributed by atoms with E-state index < -0.39 is 0 Å². The average molecular weight is 574 g/mol. The van der Waals surface area contributed by atoms with E-state index in [9.17, 15) is 10.1 Å². The maximum absolute atomic E-state index is 10.8. The van der Waals surface area contributed by atoms with Crippen LogP contribution in [0, 0.1) is 10.1 Å². The summed E-state index contributed by atoms with van der Waals surface area (Å²) in [4.78, 5) is 19.0. The minimum atomic E-state index is -0.386. The van der Waals surface area contributed by atoms with Gasteiger partial charge in [0.25, 0.3) is 5.69 Å². The van der Waals surface area contributed by atoms with E-state index in [1.54, 1.807) is 23.5 Å². The number of nitro benzene ring substituents is 1. The molecule has 1 saturated heterocycles. The van der Waals surface area contributed by atoms with Crippen molar-refractivity contribution < 1.29 is 9.66 Å². The van der Waals surface area contributed by atoms with Crippen molar-refractivity contribution in [3.8, 4) is 0 Å². The van der Waals surface area contributed by atoms with Gasteiger partial charge in [-0.1, -0.05) is 31.5 Å². The van der Waals surface area contributed by atoms with Gasteiger partial charge in [0.2, 0.25) is 0 Å². The fourth-order valence-corrected chi connectivity index (χ4v) is 4.29. The standard InChI is InChI=1S/C22H31N5O3S.HI/c1-2-3-10-23-22(24-16-18-6-8-19(9-7-18)27(28)29)25-17-20(21-5-4-15-31-21)26-11-13-30-14-12-26;/h4-9,15,20H,2-3,10-14,16-17H2,1H3,(H2,23,24,25);1H. The first-order chi connectivity index (χ1) is 15.2. The topological polar surface area (TPSA) is 92.0 Å². The summed E-state index contributed by atoms with van der Waals surface area (Å²) in [6, 6.07) is 11.1. The van der Waals surface area contributed by atoms with E-state index in [4.69, 9.17) is 9.73 Å². The number of guanidine groups is 1. The zero-order chi connectivity index (χ0) is 21.9. The Kier molecular flexibility index (Phi) is 11.9. The lowest BCUT2D eigenvalue weighted by Crippen LogP contribution is -2.46. The molecule has 2 aromatic rings. The minimum Gasteiger partial charge on any atom is -0.379 e. The lowest BCUT2D eigenvalue weighted by molar-refractivity contribution is -0.384. The second-order valence-corrected chi connectivity index (χ2v) is 8.41. The molecule has 2 heterocycles. The summed E-state index contributed by atoms with van der Waals surface area (Å²) in [5.41, 5.74) is 1.03. The molecule has 0 aliphatic carbocycles. The zero-order valence-corrected chi connectivity index (χ0v) is 21.5. The van der Waals surface area contributed by atoms with Crippen molar-refractivity contribution in [1.29, 1.82) is 0 Å². The number of benzene rings is 1. The Balaban J connectivity index is 0.00000363. The minimum absolute atomic E-state index is 0. The van der Waals surface area contributed by atoms with Crippen molar-refractivity contribution >= 4 is 47.0 Å². The number of hydrogen-bond donors (Lipinski definition) is 2. The Labute approximate surface area is 210 Å². The number of thiophene rings is 1. The molecule has 1 aromatic carbocycles. The van der Waals surface area contributed by atoms with Crippen molar-refractivity contribution in [3.05, 3.63) is 62.3 Å². The molecule has 8 nitrogen and oxygen atoms in total. The normalized spacial score (nSPS) is 15.6. The number of nitrogens with zero attached hydrogens (tertiary/aromatic N) is 3. The van der Waals surface area contributed by atoms with Gasteiger partial charge in [-0.3, -0.25) is 15.0 Å². The number of morpholine rings is 1. The Morgan fingerprint density at radius 3 is 2.62 bits per heavy atom. The van der Waals surface area contributed by atoms with Gasteiger partial charge in [0.15, 0.2) is 5.96 Å². The SMILES string of the molecule is CCCCNC(=NCc1ccc([N+](=O)[O-])cc1)NCC(c1cccs1)N1CCOCC1.I. The zero-order valence-electron chi connectivity index (χ0n) is 18.4. The van der Waals surface area contributed by atoms with Crippen LogP contribution in [0.2, 0.25) is 0 Å². The van der Waals surface area contributed by atoms with Gasteiger partial charge in [0, 0.05) is 43.2 Å². The average Bonchev–Trinajstić information content (AvgIpc) is 3.33. The van der Waals surface area contributed by atoms with E-state index >= 15 is 0 Å². The number of ether oxygens (including phenoxy) is 1. The first-order valence-electron chi connectivity index (χ1n) is 10.8. The monoisotopic (exact) mass is 573 g/mol. The Morgan fingerprint density at radius 1 is 1.25 bits per heavy atom. The highest BCUT2D eigenvalue weighted by molar-refractivity contribution is 14.0. The number of halogens is 1. The molecule has 1 atom stereocenters. The van der Waals surface area contributed by atoms with Gasteiger partial charge in [-0.15, -0.1) is 35.3 Å². The molecule has 0 amide bonds. The molecule has 1 aromatic heterocycles. The maximum Gasteiger partial charge on any atom is 0.269 e. The molecule has 3 rings (SSSR count). The van der Waals surface area contributed by atoms with Crippen LogP contribution >= 0.6 is 35.3 Å². The maximum atomic E-state index is 10.8. The molecule has 1 aliphatic heterocycles. The van der Waals surface area contributed by atoms with Crippen LogP contribution in [0.25, 0.3) is 0 Å². The van der Waals surface area contributed by atoms with Gasteiger partial charge in [0.1, 0.15) is 0 Å². The van der Waals surface area contributed by atoms with Gasteiger partial charge in [0.05, 0.1) is 30.7 Å². The highest BCUT2D eigenvalue weighted by Crippen LogP contribution is 2.25. The third-order valence-corrected chi connectivity index (χ3v) is 6.18. The molecule has 1 unspecified atom stereocenters. The predicted octanol–water partition coefficient (Wildman–Crippen LogP) is 4.18. The fraction of sp³-hybridized carbons (Fsp3) is 0.500. The summed E-state index contributed by atoms with van der Waals surface area (Å²) in [5.74, 6) is 0.765. The van der Waals surface area contributed by atoms with Crippen LogP contribution in [0.5, 0.6) is 0 Å². The number of hydrogen-bond acceptors (Lipinski definition) is 6. The third kappa shape index (κ3) is 8.30. The summed E-state index contributed by atoms with van der Waals surface area (Å²) in [5, 5.41) is 19.9. The summed E-state index contributed by atoms with van der Waals surface area (Å²) in [6.07, 6.45) is 2.17. The second kappa shape index (κ2) is 14.4. The van der Waals surface area contributed by atoms with E-state index in [1.807, 2.05) is 0 Å². The van der Waals surface area contributed by atoms with E-state index in [2.05, 4.69) is 40.0 Å². The van der Waals surface area contributed by atoms with Crippen LogP contribution in [0.4, 0.5) is 5.69 Å². The van der Waals surface area contributed by atoms with Crippen LogP contribution in [-0.4, -0.2) is 55.2 Å². The van der Waals surface area contributed by atoms with Crippen molar-refractivity contribution in [1.82, 2.24) is 15.5 Å². The van der Waals surface area contributed by atoms with Crippen LogP contribution in [-0.2, 0) is 11.3 Å². The molecular formula is C22H32IN5O3S. The molecule has 1 aliphatic rings. The molecule has 32 heavy (non-hydrogen) atoms. The number of rotatable bonds is 10. The lowest BCUT2D eigenvalue weighted by atomic mass is 10.2.